The molecular weight excluding hydrogens is 222 g/mol. The van der Waals surface area contributed by atoms with Crippen LogP contribution in [0, 0.1) is 13.8 Å². The van der Waals surface area contributed by atoms with Crippen molar-refractivity contribution in [3.63, 3.8) is 0 Å². The number of fused-ring (bicyclic) bond motifs is 1. The van der Waals surface area contributed by atoms with Crippen molar-refractivity contribution in [2.75, 3.05) is 11.9 Å². The summed E-state index contributed by atoms with van der Waals surface area (Å²) in [6, 6.07) is 14.6. The third kappa shape index (κ3) is 1.94. The lowest BCUT2D eigenvalue weighted by molar-refractivity contribution is 0.210. The van der Waals surface area contributed by atoms with Crippen molar-refractivity contribution in [2.45, 2.75) is 20.0 Å². The van der Waals surface area contributed by atoms with E-state index in [1.165, 1.54) is 16.7 Å². The number of rotatable bonds is 1. The van der Waals surface area contributed by atoms with Gasteiger partial charge in [0.15, 0.2) is 0 Å². The fourth-order valence-corrected chi connectivity index (χ4v) is 2.28. The van der Waals surface area contributed by atoms with Crippen molar-refractivity contribution >= 4 is 5.69 Å². The molecule has 0 fully saturated rings. The summed E-state index contributed by atoms with van der Waals surface area (Å²) < 4.78 is 6.09. The van der Waals surface area contributed by atoms with Gasteiger partial charge in [0.05, 0.1) is 12.2 Å². The number of benzene rings is 2. The summed E-state index contributed by atoms with van der Waals surface area (Å²) in [5, 5.41) is 3.45. The summed E-state index contributed by atoms with van der Waals surface area (Å²) >= 11 is 0. The lowest BCUT2D eigenvalue weighted by Crippen LogP contribution is -2.23. The van der Waals surface area contributed by atoms with Crippen LogP contribution in [0.15, 0.2) is 42.5 Å². The van der Waals surface area contributed by atoms with E-state index in [4.69, 9.17) is 4.74 Å². The minimum Gasteiger partial charge on any atom is -0.482 e. The molecule has 0 saturated carbocycles. The second kappa shape index (κ2) is 4.37. The monoisotopic (exact) mass is 239 g/mol. The molecule has 1 unspecified atom stereocenters. The number of hydrogen-bond donors (Lipinski definition) is 1. The van der Waals surface area contributed by atoms with Crippen molar-refractivity contribution in [2.24, 2.45) is 0 Å². The molecule has 0 radical (unpaired) electrons. The molecule has 1 heterocycles. The molecule has 1 aliphatic rings. The van der Waals surface area contributed by atoms with Gasteiger partial charge in [-0.05, 0) is 42.7 Å². The largest absolute Gasteiger partial charge is 0.482 e. The molecule has 0 aliphatic carbocycles. The van der Waals surface area contributed by atoms with Crippen molar-refractivity contribution < 1.29 is 4.74 Å². The summed E-state index contributed by atoms with van der Waals surface area (Å²) in [6.07, 6.45) is 0.0980. The molecule has 3 rings (SSSR count). The Morgan fingerprint density at radius 2 is 1.78 bits per heavy atom. The molecule has 18 heavy (non-hydrogen) atoms. The minimum absolute atomic E-state index is 0.0980. The molecule has 92 valence electrons. The molecule has 0 aromatic heterocycles. The Morgan fingerprint density at radius 1 is 1.06 bits per heavy atom. The first kappa shape index (κ1) is 11.1. The first-order chi connectivity index (χ1) is 8.74. The van der Waals surface area contributed by atoms with Crippen molar-refractivity contribution in [3.05, 3.63) is 59.2 Å². The molecule has 0 spiro atoms. The average molecular weight is 239 g/mol. The minimum atomic E-state index is 0.0980. The lowest BCUT2D eigenvalue weighted by atomic mass is 10.0. The lowest BCUT2D eigenvalue weighted by Gasteiger charge is -2.28. The van der Waals surface area contributed by atoms with Gasteiger partial charge in [-0.15, -0.1) is 0 Å². The molecule has 0 saturated heterocycles. The van der Waals surface area contributed by atoms with Crippen LogP contribution in [-0.2, 0) is 0 Å². The maximum atomic E-state index is 6.09. The number of aryl methyl sites for hydroxylation is 2. The van der Waals surface area contributed by atoms with Gasteiger partial charge < -0.3 is 10.1 Å². The number of nitrogens with one attached hydrogen (secondary N) is 1. The van der Waals surface area contributed by atoms with Gasteiger partial charge in [-0.25, -0.2) is 0 Å². The first-order valence-electron chi connectivity index (χ1n) is 6.31. The van der Waals surface area contributed by atoms with Crippen LogP contribution in [-0.4, -0.2) is 6.54 Å². The van der Waals surface area contributed by atoms with Crippen molar-refractivity contribution in [1.82, 2.24) is 0 Å². The maximum Gasteiger partial charge on any atom is 0.143 e. The molecule has 2 aromatic carbocycles. The van der Waals surface area contributed by atoms with Crippen LogP contribution in [0.3, 0.4) is 0 Å². The van der Waals surface area contributed by atoms with E-state index in [0.29, 0.717) is 0 Å². The highest BCUT2D eigenvalue weighted by Gasteiger charge is 2.21. The normalized spacial score (nSPS) is 17.6. The zero-order chi connectivity index (χ0) is 12.5. The second-order valence-electron chi connectivity index (χ2n) is 4.83. The number of anilines is 1. The van der Waals surface area contributed by atoms with Gasteiger partial charge in [0.1, 0.15) is 11.9 Å². The molecular formula is C16H17NO. The second-order valence-corrected chi connectivity index (χ2v) is 4.83. The maximum absolute atomic E-state index is 6.09. The molecule has 2 nitrogen and oxygen atoms in total. The summed E-state index contributed by atoms with van der Waals surface area (Å²) in [5.74, 6) is 0.957. The summed E-state index contributed by atoms with van der Waals surface area (Å²) in [6.45, 7) is 5.06. The Labute approximate surface area is 108 Å². The van der Waals surface area contributed by atoms with E-state index in [1.807, 2.05) is 6.07 Å². The van der Waals surface area contributed by atoms with Gasteiger partial charge in [0.25, 0.3) is 0 Å². The molecule has 0 bridgehead atoms. The van der Waals surface area contributed by atoms with E-state index in [1.54, 1.807) is 0 Å². The quantitative estimate of drug-likeness (QED) is 0.816. The number of hydrogen-bond acceptors (Lipinski definition) is 2. The van der Waals surface area contributed by atoms with Crippen molar-refractivity contribution in [1.29, 1.82) is 0 Å². The van der Waals surface area contributed by atoms with E-state index >= 15 is 0 Å². The standard InChI is InChI=1S/C16H17NO/c1-11-8-14-15(9-12(11)2)18-16(10-17-14)13-6-4-3-5-7-13/h3-9,16-17H,10H2,1-2H3. The predicted molar refractivity (Wildman–Crippen MR) is 74.2 cm³/mol. The molecule has 2 heteroatoms. The van der Waals surface area contributed by atoms with Gasteiger partial charge in [-0.3, -0.25) is 0 Å². The Bertz CT molecular complexity index is 563. The van der Waals surface area contributed by atoms with Gasteiger partial charge in [-0.2, -0.15) is 0 Å². The van der Waals surface area contributed by atoms with Crippen molar-refractivity contribution in [3.8, 4) is 5.75 Å². The fourth-order valence-electron chi connectivity index (χ4n) is 2.28. The average Bonchev–Trinajstić information content (AvgIpc) is 2.41. The number of ether oxygens (including phenoxy) is 1. The van der Waals surface area contributed by atoms with Crippen LogP contribution >= 0.6 is 0 Å². The Morgan fingerprint density at radius 3 is 2.56 bits per heavy atom. The molecule has 1 aliphatic heterocycles. The van der Waals surface area contributed by atoms with Crippen LogP contribution in [0.4, 0.5) is 5.69 Å². The Balaban J connectivity index is 1.92. The van der Waals surface area contributed by atoms with Gasteiger partial charge in [-0.1, -0.05) is 30.3 Å². The van der Waals surface area contributed by atoms with Gasteiger partial charge in [0, 0.05) is 0 Å². The Hall–Kier alpha value is -1.96. The third-order valence-electron chi connectivity index (χ3n) is 3.51. The van der Waals surface area contributed by atoms with Crippen LogP contribution in [0.25, 0.3) is 0 Å². The third-order valence-corrected chi connectivity index (χ3v) is 3.51. The smallest absolute Gasteiger partial charge is 0.143 e. The highest BCUT2D eigenvalue weighted by atomic mass is 16.5. The Kier molecular flexibility index (Phi) is 2.71. The van der Waals surface area contributed by atoms with Crippen LogP contribution < -0.4 is 10.1 Å². The predicted octanol–water partition coefficient (Wildman–Crippen LogP) is 3.85. The first-order valence-corrected chi connectivity index (χ1v) is 6.31. The van der Waals surface area contributed by atoms with Crippen LogP contribution in [0.2, 0.25) is 0 Å². The highest BCUT2D eigenvalue weighted by molar-refractivity contribution is 5.61. The van der Waals surface area contributed by atoms with Gasteiger partial charge >= 0.3 is 0 Å². The summed E-state index contributed by atoms with van der Waals surface area (Å²) in [4.78, 5) is 0. The molecule has 1 N–H and O–H groups in total. The van der Waals surface area contributed by atoms with Crippen LogP contribution in [0.5, 0.6) is 5.75 Å². The van der Waals surface area contributed by atoms with Crippen LogP contribution in [0.1, 0.15) is 22.8 Å². The zero-order valence-electron chi connectivity index (χ0n) is 10.7. The van der Waals surface area contributed by atoms with Gasteiger partial charge in [0.2, 0.25) is 0 Å². The molecule has 2 aromatic rings. The fraction of sp³-hybridized carbons (Fsp3) is 0.250. The van der Waals surface area contributed by atoms with E-state index in [2.05, 4.69) is 55.6 Å². The summed E-state index contributed by atoms with van der Waals surface area (Å²) in [5.41, 5.74) is 4.88. The van der Waals surface area contributed by atoms with E-state index in [0.717, 1.165) is 18.0 Å². The zero-order valence-corrected chi connectivity index (χ0v) is 10.7. The topological polar surface area (TPSA) is 21.3 Å². The summed E-state index contributed by atoms with van der Waals surface area (Å²) in [7, 11) is 0. The molecule has 1 atom stereocenters. The van der Waals surface area contributed by atoms with E-state index in [-0.39, 0.29) is 6.10 Å². The van der Waals surface area contributed by atoms with E-state index in [9.17, 15) is 0 Å². The van der Waals surface area contributed by atoms with E-state index < -0.39 is 0 Å². The highest BCUT2D eigenvalue weighted by Crippen LogP contribution is 2.35. The SMILES string of the molecule is Cc1cc2c(cc1C)OC(c1ccccc1)CN2. The molecule has 0 amide bonds.